The van der Waals surface area contributed by atoms with Crippen LogP contribution in [0.1, 0.15) is 30.5 Å². The van der Waals surface area contributed by atoms with Gasteiger partial charge in [0.05, 0.1) is 31.9 Å². The van der Waals surface area contributed by atoms with Gasteiger partial charge in [-0.25, -0.2) is 8.42 Å². The van der Waals surface area contributed by atoms with E-state index in [2.05, 4.69) is 5.32 Å². The minimum absolute atomic E-state index is 0.0443. The molecule has 0 unspecified atom stereocenters. The van der Waals surface area contributed by atoms with Crippen molar-refractivity contribution in [2.75, 3.05) is 38.7 Å². The molecular weight excluding hydrogens is 678 g/mol. The number of aryl methyl sites for hydroxylation is 1. The first-order chi connectivity index (χ1) is 23.9. The Bertz CT molecular complexity index is 1890. The highest BCUT2D eigenvalue weighted by Crippen LogP contribution is 2.37. The molecule has 10 nitrogen and oxygen atoms in total. The second kappa shape index (κ2) is 17.3. The molecule has 50 heavy (non-hydrogen) atoms. The molecule has 4 aromatic carbocycles. The smallest absolute Gasteiger partial charge is 0.265 e. The average Bonchev–Trinajstić information content (AvgIpc) is 3.11. The quantitative estimate of drug-likeness (QED) is 0.145. The Morgan fingerprint density at radius 1 is 0.820 bits per heavy atom. The fraction of sp³-hybridized carbons (Fsp3) is 0.316. The summed E-state index contributed by atoms with van der Waals surface area (Å²) in [5, 5.41) is 3.23. The van der Waals surface area contributed by atoms with E-state index >= 15 is 0 Å². The molecule has 266 valence electrons. The maximum absolute atomic E-state index is 14.8. The number of anilines is 1. The van der Waals surface area contributed by atoms with Crippen LogP contribution in [0, 0.1) is 12.8 Å². The van der Waals surface area contributed by atoms with Crippen molar-refractivity contribution in [3.8, 4) is 17.2 Å². The molecule has 1 atom stereocenters. The fourth-order valence-electron chi connectivity index (χ4n) is 5.42. The number of ether oxygens (including phenoxy) is 3. The molecule has 0 aliphatic rings. The van der Waals surface area contributed by atoms with Gasteiger partial charge in [-0.15, -0.1) is 0 Å². The molecule has 12 heteroatoms. The van der Waals surface area contributed by atoms with Gasteiger partial charge in [-0.05, 0) is 59.9 Å². The predicted octanol–water partition coefficient (Wildman–Crippen LogP) is 6.28. The van der Waals surface area contributed by atoms with E-state index in [0.29, 0.717) is 12.3 Å². The number of hydrogen-bond donors (Lipinski definition) is 1. The zero-order valence-corrected chi connectivity index (χ0v) is 30.8. The molecule has 0 bridgehead atoms. The van der Waals surface area contributed by atoms with Crippen molar-refractivity contribution in [1.29, 1.82) is 0 Å². The minimum Gasteiger partial charge on any atom is -0.495 e. The molecule has 0 aliphatic heterocycles. The summed E-state index contributed by atoms with van der Waals surface area (Å²) in [4.78, 5) is 30.1. The summed E-state index contributed by atoms with van der Waals surface area (Å²) < 4.78 is 46.5. The molecule has 1 N–H and O–H groups in total. The van der Waals surface area contributed by atoms with E-state index in [0.717, 1.165) is 21.0 Å². The minimum atomic E-state index is -4.49. The van der Waals surface area contributed by atoms with Crippen LogP contribution in [0.5, 0.6) is 17.2 Å². The van der Waals surface area contributed by atoms with Crippen molar-refractivity contribution in [3.63, 3.8) is 0 Å². The first-order valence-corrected chi connectivity index (χ1v) is 17.9. The van der Waals surface area contributed by atoms with Crippen LogP contribution in [0.3, 0.4) is 0 Å². The Kier molecular flexibility index (Phi) is 13.1. The lowest BCUT2D eigenvalue weighted by Crippen LogP contribution is -2.53. The largest absolute Gasteiger partial charge is 0.495 e. The predicted molar refractivity (Wildman–Crippen MR) is 196 cm³/mol. The lowest BCUT2D eigenvalue weighted by molar-refractivity contribution is -0.140. The summed E-state index contributed by atoms with van der Waals surface area (Å²) in [7, 11) is -0.244. The fourth-order valence-corrected chi connectivity index (χ4v) is 7.02. The van der Waals surface area contributed by atoms with E-state index < -0.39 is 28.5 Å². The highest BCUT2D eigenvalue weighted by molar-refractivity contribution is 7.92. The lowest BCUT2D eigenvalue weighted by Gasteiger charge is -2.34. The Morgan fingerprint density at radius 3 is 2.10 bits per heavy atom. The zero-order chi connectivity index (χ0) is 36.4. The number of methoxy groups -OCH3 is 3. The molecule has 4 rings (SSSR count). The molecule has 0 heterocycles. The van der Waals surface area contributed by atoms with E-state index in [9.17, 15) is 18.0 Å². The molecule has 0 fully saturated rings. The van der Waals surface area contributed by atoms with Crippen LogP contribution in [0.25, 0.3) is 0 Å². The van der Waals surface area contributed by atoms with Crippen molar-refractivity contribution >= 4 is 39.1 Å². The third kappa shape index (κ3) is 9.28. The topological polar surface area (TPSA) is 114 Å². The zero-order valence-electron chi connectivity index (χ0n) is 29.2. The monoisotopic (exact) mass is 721 g/mol. The Labute approximate surface area is 300 Å². The van der Waals surface area contributed by atoms with E-state index in [1.165, 1.54) is 56.6 Å². The first-order valence-electron chi connectivity index (χ1n) is 16.1. The number of rotatable bonds is 16. The van der Waals surface area contributed by atoms with Crippen LogP contribution in [0.2, 0.25) is 5.02 Å². The van der Waals surface area contributed by atoms with Crippen LogP contribution in [0.4, 0.5) is 5.69 Å². The van der Waals surface area contributed by atoms with Crippen LogP contribution in [-0.2, 0) is 32.6 Å². The van der Waals surface area contributed by atoms with Crippen molar-refractivity contribution in [3.05, 3.63) is 113 Å². The van der Waals surface area contributed by atoms with E-state index in [4.69, 9.17) is 25.8 Å². The van der Waals surface area contributed by atoms with Crippen LogP contribution < -0.4 is 23.8 Å². The summed E-state index contributed by atoms with van der Waals surface area (Å²) in [6, 6.07) is 24.7. The molecule has 0 aromatic heterocycles. The molecule has 0 spiro atoms. The number of benzene rings is 4. The van der Waals surface area contributed by atoms with Gasteiger partial charge in [0.15, 0.2) is 11.5 Å². The van der Waals surface area contributed by atoms with Gasteiger partial charge in [-0.1, -0.05) is 80.0 Å². The van der Waals surface area contributed by atoms with Crippen molar-refractivity contribution in [2.24, 2.45) is 5.92 Å². The third-order valence-electron chi connectivity index (χ3n) is 8.19. The lowest BCUT2D eigenvalue weighted by atomic mass is 10.0. The molecule has 0 saturated carbocycles. The number of nitrogens with zero attached hydrogens (tertiary/aromatic N) is 2. The van der Waals surface area contributed by atoms with Gasteiger partial charge >= 0.3 is 0 Å². The van der Waals surface area contributed by atoms with Gasteiger partial charge < -0.3 is 24.4 Å². The van der Waals surface area contributed by atoms with Crippen molar-refractivity contribution in [2.45, 2.75) is 44.7 Å². The second-order valence-electron chi connectivity index (χ2n) is 12.1. The Hall–Kier alpha value is -4.74. The highest BCUT2D eigenvalue weighted by atomic mass is 35.5. The van der Waals surface area contributed by atoms with Crippen molar-refractivity contribution < 1.29 is 32.2 Å². The van der Waals surface area contributed by atoms with Gasteiger partial charge in [0, 0.05) is 30.6 Å². The molecule has 4 aromatic rings. The maximum atomic E-state index is 14.8. The summed E-state index contributed by atoms with van der Waals surface area (Å²) in [6.07, 6.45) is 0.200. The summed E-state index contributed by atoms with van der Waals surface area (Å²) in [6.45, 7) is 5.66. The number of carbonyl (C=O) groups is 2. The van der Waals surface area contributed by atoms with Crippen LogP contribution in [-0.4, -0.2) is 65.6 Å². The number of hydrogen-bond acceptors (Lipinski definition) is 7. The van der Waals surface area contributed by atoms with E-state index in [1.54, 1.807) is 6.07 Å². The van der Waals surface area contributed by atoms with Gasteiger partial charge in [0.25, 0.3) is 10.0 Å². The average molecular weight is 722 g/mol. The molecular formula is C38H44ClN3O7S. The van der Waals surface area contributed by atoms with Crippen molar-refractivity contribution in [1.82, 2.24) is 10.2 Å². The van der Waals surface area contributed by atoms with Gasteiger partial charge in [-0.3, -0.25) is 13.9 Å². The number of amides is 2. The van der Waals surface area contributed by atoms with E-state index in [1.807, 2.05) is 75.4 Å². The SMILES string of the molecule is COc1ccc(S(=O)(=O)N(CC(=O)N(Cc2ccccc2C)[C@@H](Cc2ccccc2)C(=O)NCC(C)C)c2cc(Cl)ccc2OC)cc1OC. The van der Waals surface area contributed by atoms with Gasteiger partial charge in [0.2, 0.25) is 11.8 Å². The number of carbonyl (C=O) groups excluding carboxylic acids is 2. The normalized spacial score (nSPS) is 11.8. The molecule has 0 saturated heterocycles. The van der Waals surface area contributed by atoms with E-state index in [-0.39, 0.29) is 51.9 Å². The van der Waals surface area contributed by atoms with Crippen LogP contribution in [0.15, 0.2) is 95.9 Å². The van der Waals surface area contributed by atoms with Gasteiger partial charge in [-0.2, -0.15) is 0 Å². The Morgan fingerprint density at radius 2 is 1.46 bits per heavy atom. The number of halogens is 1. The molecule has 0 radical (unpaired) electrons. The maximum Gasteiger partial charge on any atom is 0.265 e. The molecule has 0 aliphatic carbocycles. The second-order valence-corrected chi connectivity index (χ2v) is 14.4. The van der Waals surface area contributed by atoms with Crippen LogP contribution >= 0.6 is 11.6 Å². The first kappa shape index (κ1) is 38.1. The summed E-state index contributed by atoms with van der Waals surface area (Å²) >= 11 is 6.41. The third-order valence-corrected chi connectivity index (χ3v) is 10.2. The summed E-state index contributed by atoms with van der Waals surface area (Å²) in [5.74, 6) is -0.112. The number of sulfonamides is 1. The molecule has 2 amide bonds. The van der Waals surface area contributed by atoms with Gasteiger partial charge in [0.1, 0.15) is 18.3 Å². The Balaban J connectivity index is 1.89. The highest BCUT2D eigenvalue weighted by Gasteiger charge is 2.36. The number of nitrogens with one attached hydrogen (secondary N) is 1. The summed E-state index contributed by atoms with van der Waals surface area (Å²) in [5.41, 5.74) is 2.61. The standard InChI is InChI=1S/C38H44ClN3O7S/c1-26(2)23-40-38(44)33(20-28-13-8-7-9-14-28)41(24-29-15-11-10-12-27(29)3)37(43)25-42(32-21-30(39)16-18-34(32)47-4)50(45,46)31-17-19-35(48-5)36(22-31)49-6/h7-19,21-22,26,33H,20,23-25H2,1-6H3,(H,40,44)/t33-/m0/s1.